The van der Waals surface area contributed by atoms with Crippen LogP contribution < -0.4 is 9.80 Å². The third kappa shape index (κ3) is 6.34. The Kier molecular flexibility index (Phi) is 8.24. The van der Waals surface area contributed by atoms with Gasteiger partial charge in [-0.15, -0.1) is 0 Å². The molecule has 0 N–H and O–H groups in total. The molecule has 4 atom stereocenters. The van der Waals surface area contributed by atoms with Crippen molar-refractivity contribution in [2.75, 3.05) is 55.9 Å². The Morgan fingerprint density at radius 3 is 1.28 bits per heavy atom. The molecule has 6 nitrogen and oxygen atoms in total. The fourth-order valence-corrected chi connectivity index (χ4v) is 7.53. The highest BCUT2D eigenvalue weighted by molar-refractivity contribution is 5.64. The molecule has 0 amide bonds. The highest BCUT2D eigenvalue weighted by atomic mass is 16.6. The number of anilines is 2. The van der Waals surface area contributed by atoms with Crippen LogP contribution in [0.1, 0.15) is 78.6 Å². The van der Waals surface area contributed by atoms with Crippen molar-refractivity contribution < 1.29 is 18.9 Å². The van der Waals surface area contributed by atoms with Gasteiger partial charge in [0.1, 0.15) is 6.23 Å². The molecule has 46 heavy (non-hydrogen) atoms. The average molecular weight is 625 g/mol. The quantitative estimate of drug-likeness (QED) is 0.189. The third-order valence-electron chi connectivity index (χ3n) is 10.8. The van der Waals surface area contributed by atoms with Crippen molar-refractivity contribution in [3.63, 3.8) is 0 Å². The Labute approximate surface area is 276 Å². The Balaban J connectivity index is 1.12. The van der Waals surface area contributed by atoms with E-state index >= 15 is 0 Å². The summed E-state index contributed by atoms with van der Waals surface area (Å²) in [5.41, 5.74) is 13.0. The predicted molar refractivity (Wildman–Crippen MR) is 186 cm³/mol. The highest BCUT2D eigenvalue weighted by Crippen LogP contribution is 2.41. The second-order valence-electron chi connectivity index (χ2n) is 15.3. The number of ether oxygens (including phenoxy) is 4. The van der Waals surface area contributed by atoms with Gasteiger partial charge in [-0.25, -0.2) is 0 Å². The summed E-state index contributed by atoms with van der Waals surface area (Å²) in [5.74, 6) is 0. The van der Waals surface area contributed by atoms with Gasteiger partial charge in [-0.1, -0.05) is 76.2 Å². The first-order valence-corrected chi connectivity index (χ1v) is 17.2. The molecule has 4 aliphatic rings. The van der Waals surface area contributed by atoms with Crippen molar-refractivity contribution in [1.82, 2.24) is 0 Å². The molecule has 6 heteroatoms. The first-order chi connectivity index (χ1) is 21.9. The van der Waals surface area contributed by atoms with E-state index in [-0.39, 0.29) is 17.1 Å². The number of rotatable bonds is 13. The minimum absolute atomic E-state index is 0.131. The summed E-state index contributed by atoms with van der Waals surface area (Å²) < 4.78 is 22.8. The maximum Gasteiger partial charge on any atom is 0.132 e. The number of aryl methyl sites for hydroxylation is 4. The zero-order chi connectivity index (χ0) is 32.4. The summed E-state index contributed by atoms with van der Waals surface area (Å²) in [7, 11) is 0. The van der Waals surface area contributed by atoms with E-state index in [4.69, 9.17) is 18.9 Å². The Hall–Kier alpha value is -2.90. The van der Waals surface area contributed by atoms with Crippen LogP contribution in [0.25, 0.3) is 0 Å². The topological polar surface area (TPSA) is 53.3 Å². The van der Waals surface area contributed by atoms with Gasteiger partial charge >= 0.3 is 0 Å². The molecular formula is C40H52N2O4. The summed E-state index contributed by atoms with van der Waals surface area (Å²) in [6.45, 7) is 24.6. The molecule has 0 aliphatic carbocycles. The van der Waals surface area contributed by atoms with E-state index in [1.165, 1.54) is 55.9 Å². The number of hydrogen-bond acceptors (Lipinski definition) is 6. The Bertz CT molecular complexity index is 1520. The van der Waals surface area contributed by atoms with Gasteiger partial charge in [0.25, 0.3) is 0 Å². The van der Waals surface area contributed by atoms with Crippen LogP contribution >= 0.6 is 0 Å². The molecule has 0 bridgehead atoms. The lowest BCUT2D eigenvalue weighted by Gasteiger charge is -2.41. The molecule has 246 valence electrons. The average Bonchev–Trinajstić information content (AvgIpc) is 3.80. The van der Waals surface area contributed by atoms with Crippen molar-refractivity contribution in [2.24, 2.45) is 0 Å². The molecule has 0 saturated carbocycles. The van der Waals surface area contributed by atoms with Crippen LogP contribution in [0.3, 0.4) is 0 Å². The molecule has 3 aromatic rings. The van der Waals surface area contributed by atoms with Crippen molar-refractivity contribution in [2.45, 2.75) is 97.2 Å². The summed E-state index contributed by atoms with van der Waals surface area (Å²) in [4.78, 5) is 4.93. The molecule has 7 rings (SSSR count). The SMILES string of the molecule is Cc1cc(C(C)(C)c2ccc(C(C)(C)c3cc(C)c(N(CC4CO4)C4CCO4)c(C)c3)cc2)cc(C)c1N(CC1CO1)CC1CO1. The van der Waals surface area contributed by atoms with Crippen LogP contribution in [0.4, 0.5) is 11.4 Å². The second kappa shape index (κ2) is 12.0. The number of hydrogen-bond donors (Lipinski definition) is 0. The molecular weight excluding hydrogens is 572 g/mol. The zero-order valence-corrected chi connectivity index (χ0v) is 29.1. The third-order valence-corrected chi connectivity index (χ3v) is 10.8. The number of benzene rings is 3. The summed E-state index contributed by atoms with van der Waals surface area (Å²) >= 11 is 0. The van der Waals surface area contributed by atoms with E-state index in [0.717, 1.165) is 52.5 Å². The van der Waals surface area contributed by atoms with Gasteiger partial charge in [0.05, 0.1) is 44.7 Å². The summed E-state index contributed by atoms with van der Waals surface area (Å²) in [6.07, 6.45) is 2.26. The monoisotopic (exact) mass is 624 g/mol. The molecule has 0 radical (unpaired) electrons. The fourth-order valence-electron chi connectivity index (χ4n) is 7.53. The minimum atomic E-state index is -0.136. The van der Waals surface area contributed by atoms with Crippen LogP contribution in [0.5, 0.6) is 0 Å². The van der Waals surface area contributed by atoms with Crippen molar-refractivity contribution in [3.05, 3.63) is 93.0 Å². The lowest BCUT2D eigenvalue weighted by molar-refractivity contribution is -0.0518. The highest BCUT2D eigenvalue weighted by Gasteiger charge is 2.36. The Morgan fingerprint density at radius 1 is 0.565 bits per heavy atom. The maximum absolute atomic E-state index is 5.94. The van der Waals surface area contributed by atoms with Crippen LogP contribution in [-0.4, -0.2) is 70.6 Å². The Morgan fingerprint density at radius 2 is 0.935 bits per heavy atom. The van der Waals surface area contributed by atoms with Crippen molar-refractivity contribution in [1.29, 1.82) is 0 Å². The van der Waals surface area contributed by atoms with Crippen molar-refractivity contribution in [3.8, 4) is 0 Å². The number of epoxide rings is 3. The molecule has 3 aromatic carbocycles. The van der Waals surface area contributed by atoms with Gasteiger partial charge in [0, 0.05) is 48.3 Å². The van der Waals surface area contributed by atoms with E-state index in [0.29, 0.717) is 18.3 Å². The second-order valence-corrected chi connectivity index (χ2v) is 15.3. The van der Waals surface area contributed by atoms with Crippen LogP contribution in [-0.2, 0) is 29.8 Å². The predicted octanol–water partition coefficient (Wildman–Crippen LogP) is 7.13. The van der Waals surface area contributed by atoms with Crippen LogP contribution in [0, 0.1) is 27.7 Å². The molecule has 4 saturated heterocycles. The largest absolute Gasteiger partial charge is 0.371 e. The maximum atomic E-state index is 5.94. The summed E-state index contributed by atoms with van der Waals surface area (Å²) in [6, 6.07) is 18.9. The van der Waals surface area contributed by atoms with E-state index in [2.05, 4.69) is 114 Å². The first kappa shape index (κ1) is 31.7. The van der Waals surface area contributed by atoms with Gasteiger partial charge in [0.15, 0.2) is 0 Å². The van der Waals surface area contributed by atoms with Crippen LogP contribution in [0.15, 0.2) is 48.5 Å². The minimum Gasteiger partial charge on any atom is -0.371 e. The smallest absolute Gasteiger partial charge is 0.132 e. The zero-order valence-electron chi connectivity index (χ0n) is 29.1. The van der Waals surface area contributed by atoms with Gasteiger partial charge in [-0.05, 0) is 72.2 Å². The molecule has 4 fully saturated rings. The standard InChI is InChI=1S/C40H52N2O4/c1-25-15-31(16-26(2)37(25)41(19-33-22-44-33)20-34-23-45-34)39(5,6)29-9-11-30(12-10-29)40(7,8)32-17-27(3)38(28(4)18-32)42(21-35-24-46-35)36-13-14-43-36/h9-12,15-18,33-36H,13-14,19-24H2,1-8H3. The van der Waals surface area contributed by atoms with Gasteiger partial charge in [0.2, 0.25) is 0 Å². The molecule has 4 aliphatic heterocycles. The molecule has 0 aromatic heterocycles. The van der Waals surface area contributed by atoms with Gasteiger partial charge in [-0.2, -0.15) is 0 Å². The normalized spacial score (nSPS) is 23.6. The van der Waals surface area contributed by atoms with Gasteiger partial charge < -0.3 is 28.7 Å². The van der Waals surface area contributed by atoms with E-state index in [1.807, 2.05) is 0 Å². The molecule has 4 unspecified atom stereocenters. The molecule has 4 heterocycles. The van der Waals surface area contributed by atoms with E-state index in [9.17, 15) is 0 Å². The van der Waals surface area contributed by atoms with E-state index < -0.39 is 0 Å². The molecule has 0 spiro atoms. The number of nitrogens with zero attached hydrogens (tertiary/aromatic N) is 2. The lowest BCUT2D eigenvalue weighted by atomic mass is 9.73. The first-order valence-electron chi connectivity index (χ1n) is 17.2. The van der Waals surface area contributed by atoms with Crippen molar-refractivity contribution >= 4 is 11.4 Å². The van der Waals surface area contributed by atoms with E-state index in [1.54, 1.807) is 0 Å². The lowest BCUT2D eigenvalue weighted by Crippen LogP contribution is -2.47. The van der Waals surface area contributed by atoms with Crippen LogP contribution in [0.2, 0.25) is 0 Å². The fraction of sp³-hybridized carbons (Fsp3) is 0.550. The van der Waals surface area contributed by atoms with Gasteiger partial charge in [-0.3, -0.25) is 0 Å². The summed E-state index contributed by atoms with van der Waals surface area (Å²) in [5, 5.41) is 0.